The van der Waals surface area contributed by atoms with Crippen LogP contribution in [0, 0.1) is 0 Å². The Morgan fingerprint density at radius 1 is 1.30 bits per heavy atom. The second kappa shape index (κ2) is 6.75. The van der Waals surface area contributed by atoms with Gasteiger partial charge in [0.05, 0.1) is 12.1 Å². The van der Waals surface area contributed by atoms with Gasteiger partial charge >= 0.3 is 0 Å². The van der Waals surface area contributed by atoms with Crippen LogP contribution in [0.15, 0.2) is 24.3 Å². The smallest absolute Gasteiger partial charge is 0.253 e. The first-order valence-electron chi connectivity index (χ1n) is 7.23. The summed E-state index contributed by atoms with van der Waals surface area (Å²) in [5.41, 5.74) is 1.71. The van der Waals surface area contributed by atoms with E-state index in [9.17, 15) is 4.79 Å². The zero-order valence-electron chi connectivity index (χ0n) is 12.6. The van der Waals surface area contributed by atoms with E-state index < -0.39 is 0 Å². The molecule has 4 nitrogen and oxygen atoms in total. The van der Waals surface area contributed by atoms with Crippen molar-refractivity contribution in [3.05, 3.63) is 29.8 Å². The van der Waals surface area contributed by atoms with Crippen LogP contribution in [-0.4, -0.2) is 44.2 Å². The molecule has 0 aromatic heterocycles. The number of benzene rings is 1. The van der Waals surface area contributed by atoms with Crippen molar-refractivity contribution >= 4 is 11.6 Å². The predicted molar refractivity (Wildman–Crippen MR) is 81.1 cm³/mol. The first-order valence-corrected chi connectivity index (χ1v) is 7.23. The van der Waals surface area contributed by atoms with Gasteiger partial charge in [0, 0.05) is 32.5 Å². The third kappa shape index (κ3) is 3.51. The van der Waals surface area contributed by atoms with Gasteiger partial charge in [-0.15, -0.1) is 0 Å². The summed E-state index contributed by atoms with van der Waals surface area (Å²) in [6.45, 7) is 0. The summed E-state index contributed by atoms with van der Waals surface area (Å²) >= 11 is 0. The minimum Gasteiger partial charge on any atom is -0.380 e. The number of hydrogen-bond donors (Lipinski definition) is 1. The molecule has 4 heteroatoms. The lowest BCUT2D eigenvalue weighted by molar-refractivity contribution is 0.0606. The Kier molecular flexibility index (Phi) is 5.01. The minimum absolute atomic E-state index is 0.0283. The molecule has 1 amide bonds. The predicted octanol–water partition coefficient (Wildman–Crippen LogP) is 2.76. The van der Waals surface area contributed by atoms with Gasteiger partial charge in [-0.25, -0.2) is 0 Å². The van der Waals surface area contributed by atoms with E-state index in [2.05, 4.69) is 5.32 Å². The molecule has 1 aromatic carbocycles. The zero-order valence-corrected chi connectivity index (χ0v) is 12.6. The zero-order chi connectivity index (χ0) is 14.5. The molecule has 1 aliphatic carbocycles. The van der Waals surface area contributed by atoms with Crippen molar-refractivity contribution in [2.45, 2.75) is 37.8 Å². The molecule has 0 heterocycles. The van der Waals surface area contributed by atoms with Crippen molar-refractivity contribution in [1.29, 1.82) is 0 Å². The molecule has 0 bridgehead atoms. The van der Waals surface area contributed by atoms with Crippen LogP contribution in [0.4, 0.5) is 5.69 Å². The van der Waals surface area contributed by atoms with E-state index in [4.69, 9.17) is 4.74 Å². The molecule has 1 saturated carbocycles. The second-order valence-corrected chi connectivity index (χ2v) is 5.59. The summed E-state index contributed by atoms with van der Waals surface area (Å²) in [5.74, 6) is 0.0283. The average Bonchev–Trinajstić information content (AvgIpc) is 2.47. The fourth-order valence-corrected chi connectivity index (χ4v) is 2.76. The van der Waals surface area contributed by atoms with Gasteiger partial charge < -0.3 is 15.0 Å². The Balaban J connectivity index is 2.09. The number of amides is 1. The molecule has 1 aromatic rings. The lowest BCUT2D eigenvalue weighted by atomic mass is 9.92. The molecule has 0 saturated heterocycles. The van der Waals surface area contributed by atoms with Crippen LogP contribution in [0.3, 0.4) is 0 Å². The highest BCUT2D eigenvalue weighted by Crippen LogP contribution is 2.24. The van der Waals surface area contributed by atoms with Crippen LogP contribution in [0.5, 0.6) is 0 Å². The molecule has 2 unspecified atom stereocenters. The van der Waals surface area contributed by atoms with E-state index in [0.29, 0.717) is 11.6 Å². The molecule has 2 rings (SSSR count). The maximum Gasteiger partial charge on any atom is 0.253 e. The van der Waals surface area contributed by atoms with Gasteiger partial charge in [-0.05, 0) is 31.0 Å². The van der Waals surface area contributed by atoms with Crippen LogP contribution < -0.4 is 5.32 Å². The van der Waals surface area contributed by atoms with Gasteiger partial charge in [0.2, 0.25) is 0 Å². The Bertz CT molecular complexity index is 460. The minimum atomic E-state index is 0.0283. The van der Waals surface area contributed by atoms with Crippen LogP contribution in [-0.2, 0) is 4.74 Å². The highest BCUT2D eigenvalue weighted by atomic mass is 16.5. The van der Waals surface area contributed by atoms with E-state index in [1.165, 1.54) is 12.8 Å². The Morgan fingerprint density at radius 3 is 2.75 bits per heavy atom. The maximum absolute atomic E-state index is 12.0. The Labute approximate surface area is 121 Å². The van der Waals surface area contributed by atoms with E-state index in [1.54, 1.807) is 26.1 Å². The average molecular weight is 276 g/mol. The summed E-state index contributed by atoms with van der Waals surface area (Å²) in [7, 11) is 5.31. The number of nitrogens with one attached hydrogen (secondary N) is 1. The molecular weight excluding hydrogens is 252 g/mol. The third-order valence-corrected chi connectivity index (χ3v) is 3.87. The van der Waals surface area contributed by atoms with Crippen molar-refractivity contribution in [1.82, 2.24) is 4.90 Å². The molecule has 1 N–H and O–H groups in total. The fraction of sp³-hybridized carbons (Fsp3) is 0.562. The standard InChI is InChI=1S/C16H24N2O2/c1-18(2)16(19)12-7-6-8-13(11-12)17-14-9-4-5-10-15(14)20-3/h6-8,11,14-15,17H,4-5,9-10H2,1-3H3. The molecule has 110 valence electrons. The van der Waals surface area contributed by atoms with Crippen LogP contribution in [0.1, 0.15) is 36.0 Å². The quantitative estimate of drug-likeness (QED) is 0.919. The van der Waals surface area contributed by atoms with E-state index >= 15 is 0 Å². The van der Waals surface area contributed by atoms with Gasteiger partial charge in [-0.1, -0.05) is 18.9 Å². The van der Waals surface area contributed by atoms with Gasteiger partial charge in [0.15, 0.2) is 0 Å². The number of carbonyl (C=O) groups is 1. The van der Waals surface area contributed by atoms with Crippen molar-refractivity contribution in [3.63, 3.8) is 0 Å². The number of methoxy groups -OCH3 is 1. The first kappa shape index (κ1) is 14.9. The monoisotopic (exact) mass is 276 g/mol. The third-order valence-electron chi connectivity index (χ3n) is 3.87. The number of hydrogen-bond acceptors (Lipinski definition) is 3. The SMILES string of the molecule is COC1CCCCC1Nc1cccc(C(=O)N(C)C)c1. The molecule has 1 aliphatic rings. The Morgan fingerprint density at radius 2 is 2.05 bits per heavy atom. The van der Waals surface area contributed by atoms with Gasteiger partial charge in [0.25, 0.3) is 5.91 Å². The summed E-state index contributed by atoms with van der Waals surface area (Å²) in [5, 5.41) is 3.52. The first-order chi connectivity index (χ1) is 9.61. The second-order valence-electron chi connectivity index (χ2n) is 5.59. The van der Waals surface area contributed by atoms with Gasteiger partial charge in [0.1, 0.15) is 0 Å². The molecule has 0 aliphatic heterocycles. The highest BCUT2D eigenvalue weighted by molar-refractivity contribution is 5.94. The van der Waals surface area contributed by atoms with E-state index in [-0.39, 0.29) is 12.0 Å². The van der Waals surface area contributed by atoms with E-state index in [1.807, 2.05) is 24.3 Å². The number of nitrogens with zero attached hydrogens (tertiary/aromatic N) is 1. The van der Waals surface area contributed by atoms with Gasteiger partial charge in [-0.2, -0.15) is 0 Å². The van der Waals surface area contributed by atoms with Crippen molar-refractivity contribution < 1.29 is 9.53 Å². The number of carbonyl (C=O) groups excluding carboxylic acids is 1. The van der Waals surface area contributed by atoms with Crippen molar-refractivity contribution in [3.8, 4) is 0 Å². The molecule has 0 radical (unpaired) electrons. The van der Waals surface area contributed by atoms with Crippen molar-refractivity contribution in [2.75, 3.05) is 26.5 Å². The summed E-state index contributed by atoms with van der Waals surface area (Å²) in [6, 6.07) is 8.03. The number of rotatable bonds is 4. The fourth-order valence-electron chi connectivity index (χ4n) is 2.76. The number of anilines is 1. The topological polar surface area (TPSA) is 41.6 Å². The largest absolute Gasteiger partial charge is 0.380 e. The highest BCUT2D eigenvalue weighted by Gasteiger charge is 2.24. The van der Waals surface area contributed by atoms with E-state index in [0.717, 1.165) is 18.5 Å². The summed E-state index contributed by atoms with van der Waals surface area (Å²) in [4.78, 5) is 13.6. The molecule has 2 atom stereocenters. The van der Waals surface area contributed by atoms with Crippen LogP contribution in [0.2, 0.25) is 0 Å². The number of ether oxygens (including phenoxy) is 1. The van der Waals surface area contributed by atoms with Crippen molar-refractivity contribution in [2.24, 2.45) is 0 Å². The lowest BCUT2D eigenvalue weighted by Crippen LogP contribution is -2.37. The van der Waals surface area contributed by atoms with Crippen LogP contribution >= 0.6 is 0 Å². The normalized spacial score (nSPS) is 22.4. The molecule has 1 fully saturated rings. The molecular formula is C16H24N2O2. The Hall–Kier alpha value is -1.55. The summed E-state index contributed by atoms with van der Waals surface area (Å²) in [6.07, 6.45) is 4.94. The van der Waals surface area contributed by atoms with Gasteiger partial charge in [-0.3, -0.25) is 4.79 Å². The summed E-state index contributed by atoms with van der Waals surface area (Å²) < 4.78 is 5.55. The molecule has 20 heavy (non-hydrogen) atoms. The van der Waals surface area contributed by atoms with Crippen LogP contribution in [0.25, 0.3) is 0 Å². The maximum atomic E-state index is 12.0. The lowest BCUT2D eigenvalue weighted by Gasteiger charge is -2.32. The molecule has 0 spiro atoms.